The van der Waals surface area contributed by atoms with Crippen molar-refractivity contribution in [2.24, 2.45) is 5.73 Å². The molecule has 0 aliphatic rings. The van der Waals surface area contributed by atoms with Crippen LogP contribution in [0.2, 0.25) is 0 Å². The van der Waals surface area contributed by atoms with Crippen LogP contribution in [0.1, 0.15) is 12.8 Å². The maximum atomic E-state index is 11.1. The topological polar surface area (TPSA) is 56.0 Å². The van der Waals surface area contributed by atoms with Crippen LogP contribution in [0.25, 0.3) is 0 Å². The van der Waals surface area contributed by atoms with Crippen molar-refractivity contribution < 1.29 is 4.79 Å². The van der Waals surface area contributed by atoms with Crippen LogP contribution in [0.5, 0.6) is 0 Å². The minimum absolute atomic E-state index is 0.242. The monoisotopic (exact) mass is 242 g/mol. The molecule has 2 N–H and O–H groups in total. The molecule has 3 nitrogen and oxygen atoms in total. The number of rotatable bonds is 7. The number of nitrogens with two attached hydrogens (primary N) is 1. The lowest BCUT2D eigenvalue weighted by Crippen LogP contribution is -2.07. The number of Topliss-reactive ketones (excluding diaryl/α,β-unsaturated/α-hetero) is 1. The Morgan fingerprint density at radius 1 is 1.40 bits per heavy atom. The summed E-state index contributed by atoms with van der Waals surface area (Å²) in [5.74, 6) is 1.06. The van der Waals surface area contributed by atoms with E-state index in [-0.39, 0.29) is 5.78 Å². The zero-order valence-corrected chi connectivity index (χ0v) is 10.0. The highest BCUT2D eigenvalue weighted by atomic mass is 33.1. The molecule has 0 bridgehead atoms. The summed E-state index contributed by atoms with van der Waals surface area (Å²) in [7, 11) is 3.26. The zero-order valence-electron chi connectivity index (χ0n) is 8.39. The van der Waals surface area contributed by atoms with Crippen LogP contribution in [0, 0.1) is 0 Å². The Balaban J connectivity index is 2.10. The lowest BCUT2D eigenvalue weighted by Gasteiger charge is -1.99. The van der Waals surface area contributed by atoms with Gasteiger partial charge in [0.05, 0.1) is 0 Å². The summed E-state index contributed by atoms with van der Waals surface area (Å²) in [6, 6.07) is 5.80. The van der Waals surface area contributed by atoms with Crippen molar-refractivity contribution in [3.05, 3.63) is 24.4 Å². The molecule has 0 aliphatic carbocycles. The fraction of sp³-hybridized carbons (Fsp3) is 0.400. The molecule has 0 fully saturated rings. The lowest BCUT2D eigenvalue weighted by molar-refractivity contribution is -0.118. The van der Waals surface area contributed by atoms with Gasteiger partial charge < -0.3 is 5.73 Å². The molecule has 0 amide bonds. The first-order valence-electron chi connectivity index (χ1n) is 4.75. The van der Waals surface area contributed by atoms with Gasteiger partial charge in [-0.25, -0.2) is 4.98 Å². The van der Waals surface area contributed by atoms with Gasteiger partial charge in [-0.3, -0.25) is 4.79 Å². The second-order valence-electron chi connectivity index (χ2n) is 2.90. The van der Waals surface area contributed by atoms with Gasteiger partial charge in [0.1, 0.15) is 10.8 Å². The van der Waals surface area contributed by atoms with Crippen LogP contribution < -0.4 is 5.73 Å². The summed E-state index contributed by atoms with van der Waals surface area (Å²) in [6.07, 6.45) is 2.86. The molecule has 82 valence electrons. The van der Waals surface area contributed by atoms with E-state index in [1.807, 2.05) is 18.2 Å². The number of nitrogens with zero attached hydrogens (tertiary/aromatic N) is 1. The second-order valence-corrected chi connectivity index (χ2v) is 5.34. The smallest absolute Gasteiger partial charge is 0.135 e. The normalized spacial score (nSPS) is 10.2. The number of hydrogen-bond donors (Lipinski definition) is 1. The summed E-state index contributed by atoms with van der Waals surface area (Å²) in [6.45, 7) is 0.455. The molecule has 0 radical (unpaired) electrons. The SMILES string of the molecule is NCCC(=O)CCSSc1ccccn1. The highest BCUT2D eigenvalue weighted by molar-refractivity contribution is 8.76. The van der Waals surface area contributed by atoms with E-state index in [1.165, 1.54) is 0 Å². The third kappa shape index (κ3) is 5.81. The van der Waals surface area contributed by atoms with Gasteiger partial charge in [0, 0.05) is 24.8 Å². The molecular weight excluding hydrogens is 228 g/mol. The Morgan fingerprint density at radius 3 is 2.93 bits per heavy atom. The molecule has 0 aromatic carbocycles. The average molecular weight is 242 g/mol. The van der Waals surface area contributed by atoms with Gasteiger partial charge in [-0.1, -0.05) is 16.9 Å². The summed E-state index contributed by atoms with van der Waals surface area (Å²) in [5.41, 5.74) is 5.28. The first-order chi connectivity index (χ1) is 7.33. The molecule has 1 aromatic heterocycles. The number of pyridine rings is 1. The van der Waals surface area contributed by atoms with E-state index in [4.69, 9.17) is 5.73 Å². The second kappa shape index (κ2) is 7.73. The molecule has 0 aliphatic heterocycles. The highest BCUT2D eigenvalue weighted by Gasteiger charge is 2.01. The fourth-order valence-electron chi connectivity index (χ4n) is 0.940. The van der Waals surface area contributed by atoms with Gasteiger partial charge in [0.15, 0.2) is 0 Å². The van der Waals surface area contributed by atoms with Gasteiger partial charge in [-0.05, 0) is 29.5 Å². The Labute approximate surface area is 97.6 Å². The summed E-state index contributed by atoms with van der Waals surface area (Å²) in [5, 5.41) is 0.980. The van der Waals surface area contributed by atoms with E-state index in [2.05, 4.69) is 4.98 Å². The Bertz CT molecular complexity index is 293. The minimum atomic E-state index is 0.242. The van der Waals surface area contributed by atoms with E-state index in [9.17, 15) is 4.79 Å². The molecule has 1 heterocycles. The van der Waals surface area contributed by atoms with Crippen LogP contribution in [-0.4, -0.2) is 23.1 Å². The first-order valence-corrected chi connectivity index (χ1v) is 7.07. The molecule has 1 aromatic rings. The standard InChI is InChI=1S/C10H14N2OS2/c11-6-4-9(13)5-8-14-15-10-3-1-2-7-12-10/h1-3,7H,4-6,8,11H2. The van der Waals surface area contributed by atoms with E-state index in [1.54, 1.807) is 27.8 Å². The van der Waals surface area contributed by atoms with Crippen molar-refractivity contribution in [1.29, 1.82) is 0 Å². The molecule has 1 rings (SSSR count). The van der Waals surface area contributed by atoms with Crippen molar-refractivity contribution >= 4 is 27.4 Å². The van der Waals surface area contributed by atoms with E-state index < -0.39 is 0 Å². The third-order valence-corrected chi connectivity index (χ3v) is 3.94. The molecule has 0 saturated heterocycles. The summed E-state index contributed by atoms with van der Waals surface area (Å²) >= 11 is 0. The molecule has 0 spiro atoms. The van der Waals surface area contributed by atoms with Crippen molar-refractivity contribution in [2.75, 3.05) is 12.3 Å². The van der Waals surface area contributed by atoms with Gasteiger partial charge in [-0.15, -0.1) is 0 Å². The van der Waals surface area contributed by atoms with Gasteiger partial charge >= 0.3 is 0 Å². The van der Waals surface area contributed by atoms with E-state index in [0.29, 0.717) is 19.4 Å². The molecule has 0 atom stereocenters. The fourth-order valence-corrected chi connectivity index (χ4v) is 2.85. The largest absolute Gasteiger partial charge is 0.330 e. The van der Waals surface area contributed by atoms with Crippen LogP contribution in [0.4, 0.5) is 0 Å². The van der Waals surface area contributed by atoms with Crippen LogP contribution >= 0.6 is 21.6 Å². The summed E-state index contributed by atoms with van der Waals surface area (Å²) in [4.78, 5) is 15.3. The number of carbonyl (C=O) groups excluding carboxylic acids is 1. The predicted molar refractivity (Wildman–Crippen MR) is 65.8 cm³/mol. The number of hydrogen-bond acceptors (Lipinski definition) is 5. The zero-order chi connectivity index (χ0) is 10.9. The summed E-state index contributed by atoms with van der Waals surface area (Å²) < 4.78 is 0. The van der Waals surface area contributed by atoms with Crippen molar-refractivity contribution in [3.8, 4) is 0 Å². The molecule has 0 unspecified atom stereocenters. The maximum Gasteiger partial charge on any atom is 0.135 e. The maximum absolute atomic E-state index is 11.1. The molecule has 5 heteroatoms. The molecule has 0 saturated carbocycles. The van der Waals surface area contributed by atoms with Crippen LogP contribution in [0.15, 0.2) is 29.4 Å². The Hall–Kier alpha value is -0.520. The van der Waals surface area contributed by atoms with Gasteiger partial charge in [-0.2, -0.15) is 0 Å². The number of ketones is 1. The molecular formula is C10H14N2OS2. The van der Waals surface area contributed by atoms with Crippen molar-refractivity contribution in [1.82, 2.24) is 4.98 Å². The van der Waals surface area contributed by atoms with Crippen molar-refractivity contribution in [3.63, 3.8) is 0 Å². The van der Waals surface area contributed by atoms with E-state index >= 15 is 0 Å². The Morgan fingerprint density at radius 2 is 2.27 bits per heavy atom. The lowest BCUT2D eigenvalue weighted by atomic mass is 10.2. The van der Waals surface area contributed by atoms with Crippen molar-refractivity contribution in [2.45, 2.75) is 17.9 Å². The van der Waals surface area contributed by atoms with Crippen LogP contribution in [-0.2, 0) is 4.79 Å². The highest BCUT2D eigenvalue weighted by Crippen LogP contribution is 2.29. The van der Waals surface area contributed by atoms with Gasteiger partial charge in [0.25, 0.3) is 0 Å². The predicted octanol–water partition coefficient (Wildman–Crippen LogP) is 2.13. The third-order valence-electron chi connectivity index (χ3n) is 1.67. The van der Waals surface area contributed by atoms with Crippen LogP contribution in [0.3, 0.4) is 0 Å². The van der Waals surface area contributed by atoms with E-state index in [0.717, 1.165) is 10.8 Å². The number of aromatic nitrogens is 1. The molecule has 15 heavy (non-hydrogen) atoms. The minimum Gasteiger partial charge on any atom is -0.330 e. The quantitative estimate of drug-likeness (QED) is 0.586. The Kier molecular flexibility index (Phi) is 6.47. The average Bonchev–Trinajstić information content (AvgIpc) is 2.26. The number of carbonyl (C=O) groups is 1. The first kappa shape index (κ1) is 12.5. The van der Waals surface area contributed by atoms with Gasteiger partial charge in [0.2, 0.25) is 0 Å².